The predicted molar refractivity (Wildman–Crippen MR) is 93.5 cm³/mol. The Morgan fingerprint density at radius 2 is 2.32 bits per heavy atom. The van der Waals surface area contributed by atoms with Crippen molar-refractivity contribution in [2.24, 2.45) is 0 Å². The van der Waals surface area contributed by atoms with Crippen molar-refractivity contribution < 1.29 is 4.79 Å². The van der Waals surface area contributed by atoms with E-state index in [0.29, 0.717) is 5.02 Å². The van der Waals surface area contributed by atoms with E-state index in [9.17, 15) is 4.79 Å². The molecule has 4 nitrogen and oxygen atoms in total. The minimum absolute atomic E-state index is 0.0252. The van der Waals surface area contributed by atoms with Crippen molar-refractivity contribution in [1.29, 1.82) is 0 Å². The van der Waals surface area contributed by atoms with Gasteiger partial charge in [0, 0.05) is 47.8 Å². The van der Waals surface area contributed by atoms with Crippen LogP contribution >= 0.6 is 27.5 Å². The number of rotatable bonds is 2. The summed E-state index contributed by atoms with van der Waals surface area (Å²) in [5.41, 5.74) is 1.92. The Morgan fingerprint density at radius 3 is 3.09 bits per heavy atom. The van der Waals surface area contributed by atoms with Crippen LogP contribution in [0.15, 0.2) is 28.9 Å². The molecule has 0 saturated carbocycles. The molecule has 1 aromatic heterocycles. The summed E-state index contributed by atoms with van der Waals surface area (Å²) in [6.07, 6.45) is 3.86. The Kier molecular flexibility index (Phi) is 4.54. The van der Waals surface area contributed by atoms with Gasteiger partial charge < -0.3 is 10.2 Å². The fraction of sp³-hybridized carbons (Fsp3) is 0.375. The van der Waals surface area contributed by atoms with Crippen LogP contribution in [0.1, 0.15) is 19.8 Å². The van der Waals surface area contributed by atoms with Gasteiger partial charge in [-0.25, -0.2) is 0 Å². The maximum Gasteiger partial charge on any atom is 0.217 e. The quantitative estimate of drug-likeness (QED) is 0.860. The molecule has 1 aliphatic rings. The van der Waals surface area contributed by atoms with Gasteiger partial charge in [0.2, 0.25) is 5.91 Å². The molecular formula is C16H17BrClN3O. The van der Waals surface area contributed by atoms with Crippen LogP contribution in [-0.2, 0) is 4.79 Å². The highest BCUT2D eigenvalue weighted by atomic mass is 79.9. The molecule has 116 valence electrons. The van der Waals surface area contributed by atoms with E-state index >= 15 is 0 Å². The molecule has 6 heteroatoms. The summed E-state index contributed by atoms with van der Waals surface area (Å²) < 4.78 is 0.940. The summed E-state index contributed by atoms with van der Waals surface area (Å²) in [6.45, 7) is 3.35. The van der Waals surface area contributed by atoms with E-state index in [1.54, 1.807) is 13.1 Å². The Labute approximate surface area is 143 Å². The van der Waals surface area contributed by atoms with Crippen LogP contribution in [0.3, 0.4) is 0 Å². The number of carbonyl (C=O) groups is 1. The fourth-order valence-electron chi connectivity index (χ4n) is 3.04. The molecule has 1 fully saturated rings. The smallest absolute Gasteiger partial charge is 0.217 e. The fourth-order valence-corrected chi connectivity index (χ4v) is 3.90. The van der Waals surface area contributed by atoms with Gasteiger partial charge in [-0.3, -0.25) is 9.78 Å². The van der Waals surface area contributed by atoms with E-state index in [-0.39, 0.29) is 11.9 Å². The predicted octanol–water partition coefficient (Wildman–Crippen LogP) is 3.76. The normalized spacial score (nSPS) is 18.5. The van der Waals surface area contributed by atoms with Crippen molar-refractivity contribution in [2.45, 2.75) is 25.8 Å². The second-order valence-electron chi connectivity index (χ2n) is 5.60. The molecule has 1 aliphatic heterocycles. The largest absolute Gasteiger partial charge is 0.369 e. The van der Waals surface area contributed by atoms with E-state index in [0.717, 1.165) is 47.0 Å². The molecule has 1 atom stereocenters. The summed E-state index contributed by atoms with van der Waals surface area (Å²) in [6, 6.07) is 6.11. The summed E-state index contributed by atoms with van der Waals surface area (Å²) in [5.74, 6) is 0.0252. The van der Waals surface area contributed by atoms with E-state index in [4.69, 9.17) is 11.6 Å². The van der Waals surface area contributed by atoms with Crippen LogP contribution in [0.4, 0.5) is 5.69 Å². The van der Waals surface area contributed by atoms with Gasteiger partial charge in [0.05, 0.1) is 10.5 Å². The van der Waals surface area contributed by atoms with Gasteiger partial charge in [0.25, 0.3) is 0 Å². The number of nitrogens with one attached hydrogen (secondary N) is 1. The molecule has 0 spiro atoms. The van der Waals surface area contributed by atoms with Crippen molar-refractivity contribution in [3.63, 3.8) is 0 Å². The Hall–Kier alpha value is -1.33. The van der Waals surface area contributed by atoms with Crippen molar-refractivity contribution in [2.75, 3.05) is 18.0 Å². The summed E-state index contributed by atoms with van der Waals surface area (Å²) >= 11 is 9.80. The lowest BCUT2D eigenvalue weighted by atomic mass is 10.0. The Morgan fingerprint density at radius 1 is 1.50 bits per heavy atom. The van der Waals surface area contributed by atoms with Gasteiger partial charge in [0.15, 0.2) is 0 Å². The highest BCUT2D eigenvalue weighted by Crippen LogP contribution is 2.34. The van der Waals surface area contributed by atoms with Crippen LogP contribution in [-0.4, -0.2) is 30.0 Å². The number of hydrogen-bond acceptors (Lipinski definition) is 3. The summed E-state index contributed by atoms with van der Waals surface area (Å²) in [5, 5.41) is 4.69. The van der Waals surface area contributed by atoms with Crippen molar-refractivity contribution in [1.82, 2.24) is 10.3 Å². The monoisotopic (exact) mass is 381 g/mol. The molecule has 0 radical (unpaired) electrons. The van der Waals surface area contributed by atoms with Crippen LogP contribution in [0, 0.1) is 0 Å². The molecule has 2 heterocycles. The molecule has 1 unspecified atom stereocenters. The molecule has 0 aliphatic carbocycles. The second kappa shape index (κ2) is 6.42. The standard InChI is InChI=1S/C16H17BrClN3O/c1-10(22)20-12-3-2-6-21(9-12)15-4-5-19-16-13(15)7-11(17)8-14(16)18/h4-5,7-8,12H,2-3,6,9H2,1H3,(H,20,22). The lowest BCUT2D eigenvalue weighted by Crippen LogP contribution is -2.47. The molecule has 3 rings (SSSR count). The van der Waals surface area contributed by atoms with Gasteiger partial charge in [-0.1, -0.05) is 27.5 Å². The maximum absolute atomic E-state index is 11.3. The molecule has 0 bridgehead atoms. The first-order chi connectivity index (χ1) is 10.5. The lowest BCUT2D eigenvalue weighted by Gasteiger charge is -2.35. The molecule has 2 aromatic rings. The highest BCUT2D eigenvalue weighted by molar-refractivity contribution is 9.10. The van der Waals surface area contributed by atoms with Crippen LogP contribution in [0.2, 0.25) is 5.02 Å². The zero-order valence-electron chi connectivity index (χ0n) is 12.3. The van der Waals surface area contributed by atoms with E-state index in [2.05, 4.69) is 31.1 Å². The van der Waals surface area contributed by atoms with Crippen LogP contribution < -0.4 is 10.2 Å². The third-order valence-corrected chi connectivity index (χ3v) is 4.66. The Balaban J connectivity index is 1.97. The van der Waals surface area contributed by atoms with Crippen molar-refractivity contribution in [3.8, 4) is 0 Å². The molecule has 1 saturated heterocycles. The van der Waals surface area contributed by atoms with Gasteiger partial charge in [0.1, 0.15) is 0 Å². The zero-order valence-corrected chi connectivity index (χ0v) is 14.6. The second-order valence-corrected chi connectivity index (χ2v) is 6.92. The number of halogens is 2. The number of anilines is 1. The number of piperidine rings is 1. The van der Waals surface area contributed by atoms with Crippen LogP contribution in [0.25, 0.3) is 10.9 Å². The molecule has 22 heavy (non-hydrogen) atoms. The molecular weight excluding hydrogens is 366 g/mol. The lowest BCUT2D eigenvalue weighted by molar-refractivity contribution is -0.119. The number of carbonyl (C=O) groups excluding carboxylic acids is 1. The number of amides is 1. The average molecular weight is 383 g/mol. The molecule has 1 N–H and O–H groups in total. The number of pyridine rings is 1. The van der Waals surface area contributed by atoms with Gasteiger partial charge in [-0.05, 0) is 31.0 Å². The third kappa shape index (κ3) is 3.20. The Bertz CT molecular complexity index is 722. The highest BCUT2D eigenvalue weighted by Gasteiger charge is 2.22. The van der Waals surface area contributed by atoms with E-state index in [1.807, 2.05) is 18.2 Å². The first-order valence-corrected chi connectivity index (χ1v) is 8.47. The summed E-state index contributed by atoms with van der Waals surface area (Å²) in [4.78, 5) is 18.0. The molecule has 1 aromatic carbocycles. The maximum atomic E-state index is 11.3. The topological polar surface area (TPSA) is 45.2 Å². The van der Waals surface area contributed by atoms with E-state index < -0.39 is 0 Å². The number of benzene rings is 1. The minimum Gasteiger partial charge on any atom is -0.369 e. The first kappa shape index (κ1) is 15.6. The third-order valence-electron chi connectivity index (χ3n) is 3.91. The number of fused-ring (bicyclic) bond motifs is 1. The van der Waals surface area contributed by atoms with Gasteiger partial charge in [-0.2, -0.15) is 0 Å². The minimum atomic E-state index is 0.0252. The number of nitrogens with zero attached hydrogens (tertiary/aromatic N) is 2. The van der Waals surface area contributed by atoms with Crippen LogP contribution in [0.5, 0.6) is 0 Å². The first-order valence-electron chi connectivity index (χ1n) is 7.30. The van der Waals surface area contributed by atoms with E-state index in [1.165, 1.54) is 0 Å². The molecule has 1 amide bonds. The average Bonchev–Trinajstić information content (AvgIpc) is 2.46. The van der Waals surface area contributed by atoms with Gasteiger partial charge in [-0.15, -0.1) is 0 Å². The SMILES string of the molecule is CC(=O)NC1CCCN(c2ccnc3c(Cl)cc(Br)cc23)C1. The number of hydrogen-bond donors (Lipinski definition) is 1. The van der Waals surface area contributed by atoms with Crippen molar-refractivity contribution >= 4 is 50.0 Å². The van der Waals surface area contributed by atoms with Crippen molar-refractivity contribution in [3.05, 3.63) is 33.9 Å². The zero-order chi connectivity index (χ0) is 15.7. The summed E-state index contributed by atoms with van der Waals surface area (Å²) in [7, 11) is 0. The number of aromatic nitrogens is 1. The van der Waals surface area contributed by atoms with Gasteiger partial charge >= 0.3 is 0 Å².